The number of nitrogens with zero attached hydrogens (tertiary/aromatic N) is 2. The number of ether oxygens (including phenoxy) is 3. The summed E-state index contributed by atoms with van der Waals surface area (Å²) < 4.78 is 16.9. The summed E-state index contributed by atoms with van der Waals surface area (Å²) in [7, 11) is 1.63. The highest BCUT2D eigenvalue weighted by Gasteiger charge is 2.25. The van der Waals surface area contributed by atoms with Gasteiger partial charge in [-0.2, -0.15) is 5.10 Å². The molecular formula is C25H29N3O4. The van der Waals surface area contributed by atoms with Crippen molar-refractivity contribution in [2.24, 2.45) is 0 Å². The second-order valence-electron chi connectivity index (χ2n) is 7.80. The maximum Gasteiger partial charge on any atom is 0.271 e. The number of benzene rings is 2. The van der Waals surface area contributed by atoms with Crippen LogP contribution in [0.1, 0.15) is 28.9 Å². The molecule has 3 aromatic rings. The van der Waals surface area contributed by atoms with Gasteiger partial charge < -0.3 is 19.1 Å². The van der Waals surface area contributed by atoms with Gasteiger partial charge in [0.1, 0.15) is 11.4 Å². The third-order valence-electron chi connectivity index (χ3n) is 5.60. The van der Waals surface area contributed by atoms with Crippen LogP contribution in [0.5, 0.6) is 5.75 Å². The van der Waals surface area contributed by atoms with Crippen molar-refractivity contribution in [1.82, 2.24) is 15.1 Å². The highest BCUT2D eigenvalue weighted by molar-refractivity contribution is 5.93. The molecule has 7 nitrogen and oxygen atoms in total. The fourth-order valence-electron chi connectivity index (χ4n) is 3.80. The lowest BCUT2D eigenvalue weighted by Gasteiger charge is -2.31. The summed E-state index contributed by atoms with van der Waals surface area (Å²) in [5.41, 5.74) is 3.28. The molecule has 7 heteroatoms. The molecule has 0 spiro atoms. The van der Waals surface area contributed by atoms with Gasteiger partial charge >= 0.3 is 0 Å². The van der Waals surface area contributed by atoms with Gasteiger partial charge in [-0.25, -0.2) is 0 Å². The van der Waals surface area contributed by atoms with E-state index >= 15 is 0 Å². The molecule has 2 aromatic carbocycles. The fourth-order valence-corrected chi connectivity index (χ4v) is 3.80. The molecule has 4 rings (SSSR count). The van der Waals surface area contributed by atoms with Crippen molar-refractivity contribution in [2.45, 2.75) is 25.6 Å². The summed E-state index contributed by atoms with van der Waals surface area (Å²) in [5.74, 6) is 0.724. The zero-order valence-corrected chi connectivity index (χ0v) is 18.3. The third-order valence-corrected chi connectivity index (χ3v) is 5.60. The smallest absolute Gasteiger partial charge is 0.271 e. The van der Waals surface area contributed by atoms with Crippen LogP contribution in [0.4, 0.5) is 0 Å². The number of likely N-dealkylation sites (tertiary alicyclic amines) is 1. The maximum atomic E-state index is 12.9. The number of aromatic amines is 1. The number of amides is 1. The Morgan fingerprint density at radius 3 is 2.66 bits per heavy atom. The number of hydrogen-bond donors (Lipinski definition) is 1. The first-order chi connectivity index (χ1) is 15.7. The van der Waals surface area contributed by atoms with E-state index in [9.17, 15) is 4.79 Å². The molecule has 0 atom stereocenters. The van der Waals surface area contributed by atoms with Gasteiger partial charge in [0, 0.05) is 18.7 Å². The average Bonchev–Trinajstić information content (AvgIpc) is 3.35. The predicted octanol–water partition coefficient (Wildman–Crippen LogP) is 3.92. The van der Waals surface area contributed by atoms with Crippen molar-refractivity contribution in [1.29, 1.82) is 0 Å². The number of rotatable bonds is 9. The lowest BCUT2D eigenvalue weighted by atomic mass is 10.1. The minimum atomic E-state index is -0.0312. The molecule has 0 radical (unpaired) electrons. The SMILES string of the molecule is COc1cccc(-c2cc(C(=O)N3CCC(OCCOCc4ccccc4)CC3)[nH]n2)c1. The van der Waals surface area contributed by atoms with Gasteiger partial charge in [-0.05, 0) is 36.6 Å². The Labute approximate surface area is 188 Å². The van der Waals surface area contributed by atoms with E-state index in [2.05, 4.69) is 10.2 Å². The lowest BCUT2D eigenvalue weighted by Crippen LogP contribution is -2.41. The number of H-pyrrole nitrogens is 1. The van der Waals surface area contributed by atoms with Gasteiger partial charge in [0.2, 0.25) is 0 Å². The van der Waals surface area contributed by atoms with Crippen molar-refractivity contribution in [3.8, 4) is 17.0 Å². The second-order valence-corrected chi connectivity index (χ2v) is 7.80. The molecule has 0 saturated carbocycles. The largest absolute Gasteiger partial charge is 0.497 e. The first kappa shape index (κ1) is 22.0. The third kappa shape index (κ3) is 5.75. The Morgan fingerprint density at radius 2 is 1.88 bits per heavy atom. The number of hydrogen-bond acceptors (Lipinski definition) is 5. The Balaban J connectivity index is 1.19. The van der Waals surface area contributed by atoms with Crippen LogP contribution in [0, 0.1) is 0 Å². The quantitative estimate of drug-likeness (QED) is 0.516. The summed E-state index contributed by atoms with van der Waals surface area (Å²) in [4.78, 5) is 14.7. The maximum absolute atomic E-state index is 12.9. The molecular weight excluding hydrogens is 406 g/mol. The van der Waals surface area contributed by atoms with E-state index in [4.69, 9.17) is 14.2 Å². The van der Waals surface area contributed by atoms with Crippen molar-refractivity contribution in [3.05, 3.63) is 71.9 Å². The van der Waals surface area contributed by atoms with E-state index in [1.165, 1.54) is 0 Å². The molecule has 168 valence electrons. The van der Waals surface area contributed by atoms with Gasteiger partial charge in [-0.3, -0.25) is 9.89 Å². The zero-order valence-electron chi connectivity index (χ0n) is 18.3. The van der Waals surface area contributed by atoms with Gasteiger partial charge in [-0.1, -0.05) is 42.5 Å². The van der Waals surface area contributed by atoms with Crippen molar-refractivity contribution in [2.75, 3.05) is 33.4 Å². The van der Waals surface area contributed by atoms with E-state index < -0.39 is 0 Å². The lowest BCUT2D eigenvalue weighted by molar-refractivity contribution is -0.0229. The van der Waals surface area contributed by atoms with E-state index in [1.54, 1.807) is 13.2 Å². The van der Waals surface area contributed by atoms with E-state index in [1.807, 2.05) is 59.5 Å². The number of carbonyl (C=O) groups is 1. The van der Waals surface area contributed by atoms with Crippen LogP contribution in [0.2, 0.25) is 0 Å². The number of nitrogens with one attached hydrogen (secondary N) is 1. The van der Waals surface area contributed by atoms with Gasteiger partial charge in [0.15, 0.2) is 0 Å². The van der Waals surface area contributed by atoms with Crippen LogP contribution < -0.4 is 4.74 Å². The normalized spacial score (nSPS) is 14.5. The van der Waals surface area contributed by atoms with E-state index in [0.29, 0.717) is 38.6 Å². The molecule has 0 unspecified atom stereocenters. The summed E-state index contributed by atoms with van der Waals surface area (Å²) in [6, 6.07) is 19.5. The molecule has 1 saturated heterocycles. The highest BCUT2D eigenvalue weighted by Crippen LogP contribution is 2.23. The second kappa shape index (κ2) is 10.9. The Hall–Kier alpha value is -3.16. The zero-order chi connectivity index (χ0) is 22.2. The number of aromatic nitrogens is 2. The summed E-state index contributed by atoms with van der Waals surface area (Å²) >= 11 is 0. The monoisotopic (exact) mass is 435 g/mol. The fraction of sp³-hybridized carbons (Fsp3) is 0.360. The van der Waals surface area contributed by atoms with Crippen LogP contribution in [0.3, 0.4) is 0 Å². The Morgan fingerprint density at radius 1 is 1.06 bits per heavy atom. The van der Waals surface area contributed by atoms with Crippen molar-refractivity contribution in [3.63, 3.8) is 0 Å². The van der Waals surface area contributed by atoms with Crippen LogP contribution in [-0.4, -0.2) is 60.5 Å². The predicted molar refractivity (Wildman–Crippen MR) is 122 cm³/mol. The van der Waals surface area contributed by atoms with Crippen molar-refractivity contribution >= 4 is 5.91 Å². The molecule has 1 N–H and O–H groups in total. The number of piperidine rings is 1. The molecule has 1 aliphatic heterocycles. The summed E-state index contributed by atoms with van der Waals surface area (Å²) in [5, 5.41) is 7.19. The Bertz CT molecular complexity index is 997. The molecule has 1 aromatic heterocycles. The topological polar surface area (TPSA) is 76.7 Å². The molecule has 1 fully saturated rings. The van der Waals surface area contributed by atoms with E-state index in [0.717, 1.165) is 35.4 Å². The summed E-state index contributed by atoms with van der Waals surface area (Å²) in [6.45, 7) is 3.06. The van der Waals surface area contributed by atoms with Crippen LogP contribution >= 0.6 is 0 Å². The van der Waals surface area contributed by atoms with Crippen LogP contribution in [0.15, 0.2) is 60.7 Å². The summed E-state index contributed by atoms with van der Waals surface area (Å²) in [6.07, 6.45) is 1.80. The van der Waals surface area contributed by atoms with Crippen LogP contribution in [0.25, 0.3) is 11.3 Å². The highest BCUT2D eigenvalue weighted by atomic mass is 16.5. The molecule has 0 bridgehead atoms. The number of methoxy groups -OCH3 is 1. The standard InChI is InChI=1S/C25H29N3O4/c1-30-22-9-5-8-20(16-22)23-17-24(27-26-23)25(29)28-12-10-21(11-13-28)32-15-14-31-18-19-6-3-2-4-7-19/h2-9,16-17,21H,10-15,18H2,1H3,(H,26,27). The first-order valence-electron chi connectivity index (χ1n) is 11.0. The molecule has 1 aliphatic rings. The Kier molecular flexibility index (Phi) is 7.53. The van der Waals surface area contributed by atoms with Gasteiger partial charge in [0.25, 0.3) is 5.91 Å². The molecule has 0 aliphatic carbocycles. The average molecular weight is 436 g/mol. The van der Waals surface area contributed by atoms with Crippen LogP contribution in [-0.2, 0) is 16.1 Å². The van der Waals surface area contributed by atoms with E-state index in [-0.39, 0.29) is 12.0 Å². The molecule has 1 amide bonds. The van der Waals surface area contributed by atoms with Gasteiger partial charge in [-0.15, -0.1) is 0 Å². The minimum Gasteiger partial charge on any atom is -0.497 e. The number of carbonyl (C=O) groups excluding carboxylic acids is 1. The first-order valence-corrected chi connectivity index (χ1v) is 11.0. The minimum absolute atomic E-state index is 0.0312. The molecule has 2 heterocycles. The van der Waals surface area contributed by atoms with Gasteiger partial charge in [0.05, 0.1) is 38.7 Å². The molecule has 32 heavy (non-hydrogen) atoms. The van der Waals surface area contributed by atoms with Crippen molar-refractivity contribution < 1.29 is 19.0 Å².